The molecule has 0 amide bonds. The fourth-order valence-electron chi connectivity index (χ4n) is 2.01. The standard InChI is InChI=1S/C13H18F2N4O2/c1-13(14,15)6-4-5-7-19-11(20)9-10(16-8-17(9)2)18(3)12(19)21/h8H,4-7H2,1-3H3/i1D3,6D2,8D. The average Bonchev–Trinajstić information content (AvgIpc) is 2.83. The Morgan fingerprint density at radius 3 is 2.81 bits per heavy atom. The molecule has 2 heterocycles. The predicted molar refractivity (Wildman–Crippen MR) is 74.7 cm³/mol. The van der Waals surface area contributed by atoms with Crippen molar-refractivity contribution >= 4 is 11.2 Å². The summed E-state index contributed by atoms with van der Waals surface area (Å²) in [5, 5.41) is 0. The Kier molecular flexibility index (Phi) is 2.35. The lowest BCUT2D eigenvalue weighted by Crippen LogP contribution is -2.39. The van der Waals surface area contributed by atoms with E-state index in [4.69, 9.17) is 8.22 Å². The van der Waals surface area contributed by atoms with Gasteiger partial charge in [0, 0.05) is 33.9 Å². The third kappa shape index (κ3) is 3.03. The van der Waals surface area contributed by atoms with Crippen molar-refractivity contribution in [2.24, 2.45) is 14.1 Å². The van der Waals surface area contributed by atoms with E-state index in [1.54, 1.807) is 0 Å². The van der Waals surface area contributed by atoms with E-state index in [0.29, 0.717) is 0 Å². The molecule has 2 aromatic heterocycles. The lowest BCUT2D eigenvalue weighted by Gasteiger charge is -2.11. The number of hydrogen-bond acceptors (Lipinski definition) is 3. The van der Waals surface area contributed by atoms with Crippen LogP contribution in [0, 0.1) is 0 Å². The van der Waals surface area contributed by atoms with Crippen molar-refractivity contribution in [2.45, 2.75) is 38.5 Å². The third-order valence-electron chi connectivity index (χ3n) is 3.04. The van der Waals surface area contributed by atoms with Crippen LogP contribution in [0.25, 0.3) is 11.2 Å². The van der Waals surface area contributed by atoms with Gasteiger partial charge in [-0.3, -0.25) is 13.9 Å². The smallest absolute Gasteiger partial charge is 0.328 e. The molecule has 0 saturated carbocycles. The summed E-state index contributed by atoms with van der Waals surface area (Å²) in [5.41, 5.74) is -1.62. The highest BCUT2D eigenvalue weighted by Crippen LogP contribution is 2.19. The first kappa shape index (κ1) is 9.11. The van der Waals surface area contributed by atoms with E-state index in [9.17, 15) is 18.4 Å². The highest BCUT2D eigenvalue weighted by atomic mass is 19.3. The summed E-state index contributed by atoms with van der Waals surface area (Å²) in [5.74, 6) is -4.58. The fourth-order valence-corrected chi connectivity index (χ4v) is 2.01. The first-order valence-electron chi connectivity index (χ1n) is 9.14. The summed E-state index contributed by atoms with van der Waals surface area (Å²) in [6.07, 6.45) is -4.84. The number of halogens is 2. The quantitative estimate of drug-likeness (QED) is 0.835. The number of fused-ring (bicyclic) bond motifs is 1. The van der Waals surface area contributed by atoms with E-state index in [1.807, 2.05) is 0 Å². The highest BCUT2D eigenvalue weighted by Gasteiger charge is 2.20. The Bertz CT molecular complexity index is 992. The van der Waals surface area contributed by atoms with Crippen molar-refractivity contribution in [2.75, 3.05) is 0 Å². The molecule has 0 fully saturated rings. The minimum atomic E-state index is -4.58. The number of nitrogens with zero attached hydrogens (tertiary/aromatic N) is 4. The summed E-state index contributed by atoms with van der Waals surface area (Å²) in [6, 6.07) is 0. The number of hydrogen-bond donors (Lipinski definition) is 0. The van der Waals surface area contributed by atoms with Crippen molar-refractivity contribution in [3.8, 4) is 0 Å². The van der Waals surface area contributed by atoms with E-state index in [-0.39, 0.29) is 23.9 Å². The average molecular weight is 306 g/mol. The number of aromatic nitrogens is 4. The molecule has 116 valence electrons. The lowest BCUT2D eigenvalue weighted by atomic mass is 10.1. The molecule has 2 rings (SSSR count). The molecule has 0 aliphatic carbocycles. The maximum atomic E-state index is 13.8. The summed E-state index contributed by atoms with van der Waals surface area (Å²) in [6.45, 7) is -4.21. The second-order valence-electron chi connectivity index (χ2n) is 4.60. The Morgan fingerprint density at radius 2 is 2.14 bits per heavy atom. The molecule has 2 aromatic rings. The molecular formula is C13H18F2N4O2. The van der Waals surface area contributed by atoms with Gasteiger partial charge in [-0.05, 0) is 19.7 Å². The molecule has 0 saturated heterocycles. The second-order valence-corrected chi connectivity index (χ2v) is 4.60. The molecule has 6 nitrogen and oxygen atoms in total. The molecule has 0 atom stereocenters. The zero-order valence-corrected chi connectivity index (χ0v) is 11.5. The van der Waals surface area contributed by atoms with Crippen molar-refractivity contribution in [3.05, 3.63) is 27.1 Å². The van der Waals surface area contributed by atoms with E-state index in [2.05, 4.69) is 4.98 Å². The molecule has 0 aromatic carbocycles. The zero-order chi connectivity index (χ0) is 20.9. The summed E-state index contributed by atoms with van der Waals surface area (Å²) in [4.78, 5) is 28.7. The molecule has 0 bridgehead atoms. The topological polar surface area (TPSA) is 61.8 Å². The van der Waals surface area contributed by atoms with Crippen molar-refractivity contribution in [3.63, 3.8) is 0 Å². The molecule has 0 unspecified atom stereocenters. The summed E-state index contributed by atoms with van der Waals surface area (Å²) >= 11 is 0. The molecule has 0 N–H and O–H groups in total. The largest absolute Gasteiger partial charge is 0.332 e. The van der Waals surface area contributed by atoms with Gasteiger partial charge in [0.1, 0.15) is 1.37 Å². The normalized spacial score (nSPS) is 17.7. The van der Waals surface area contributed by atoms with Crippen molar-refractivity contribution in [1.29, 1.82) is 0 Å². The Hall–Kier alpha value is -1.99. The van der Waals surface area contributed by atoms with Crippen LogP contribution >= 0.6 is 0 Å². The van der Waals surface area contributed by atoms with Crippen LogP contribution < -0.4 is 11.2 Å². The number of alkyl halides is 2. The predicted octanol–water partition coefficient (Wildman–Crippen LogP) is 1.26. The first-order chi connectivity index (χ1) is 12.1. The van der Waals surface area contributed by atoms with Gasteiger partial charge in [0.05, 0.1) is 6.30 Å². The third-order valence-corrected chi connectivity index (χ3v) is 3.04. The highest BCUT2D eigenvalue weighted by molar-refractivity contribution is 5.69. The van der Waals surface area contributed by atoms with E-state index < -0.39 is 43.4 Å². The first-order valence-corrected chi connectivity index (χ1v) is 6.14. The Balaban J connectivity index is 2.35. The van der Waals surface area contributed by atoms with Crippen LogP contribution in [0.1, 0.15) is 34.3 Å². The number of imidazole rings is 1. The SMILES string of the molecule is [2H]c1nc2c(c(=O)n(CCCC([2H])([2H])C(F)(F)C([2H])([2H])[2H])c(=O)n2C)n1C. The minimum Gasteiger partial charge on any atom is -0.328 e. The van der Waals surface area contributed by atoms with E-state index >= 15 is 0 Å². The maximum Gasteiger partial charge on any atom is 0.332 e. The van der Waals surface area contributed by atoms with Gasteiger partial charge in [0.25, 0.3) is 5.56 Å². The van der Waals surface area contributed by atoms with E-state index in [1.165, 1.54) is 14.1 Å². The molecule has 21 heavy (non-hydrogen) atoms. The minimum absolute atomic E-state index is 0.00184. The lowest BCUT2D eigenvalue weighted by molar-refractivity contribution is 0.0102. The van der Waals surface area contributed by atoms with Crippen LogP contribution in [0.2, 0.25) is 0 Å². The molecule has 0 aliphatic rings. The molecule has 0 spiro atoms. The zero-order valence-electron chi connectivity index (χ0n) is 17.5. The van der Waals surface area contributed by atoms with Crippen molar-refractivity contribution < 1.29 is 17.0 Å². The molecule has 0 radical (unpaired) electrons. The van der Waals surface area contributed by atoms with Gasteiger partial charge in [0.2, 0.25) is 5.92 Å². The summed E-state index contributed by atoms with van der Waals surface area (Å²) < 4.78 is 73.4. The Morgan fingerprint density at radius 1 is 1.43 bits per heavy atom. The van der Waals surface area contributed by atoms with Crippen LogP contribution in [0.3, 0.4) is 0 Å². The van der Waals surface area contributed by atoms with Gasteiger partial charge in [-0.1, -0.05) is 0 Å². The molecule has 0 aliphatic heterocycles. The number of rotatable bonds is 5. The van der Waals surface area contributed by atoms with Crippen LogP contribution in [0.4, 0.5) is 8.78 Å². The van der Waals surface area contributed by atoms with Crippen molar-refractivity contribution in [1.82, 2.24) is 18.7 Å². The van der Waals surface area contributed by atoms with Crippen LogP contribution in [0.5, 0.6) is 0 Å². The van der Waals surface area contributed by atoms with Crippen LogP contribution in [0.15, 0.2) is 15.9 Å². The van der Waals surface area contributed by atoms with Crippen LogP contribution in [-0.4, -0.2) is 24.6 Å². The van der Waals surface area contributed by atoms with Gasteiger partial charge < -0.3 is 4.57 Å². The van der Waals surface area contributed by atoms with Gasteiger partial charge >= 0.3 is 5.69 Å². The van der Waals surface area contributed by atoms with Gasteiger partial charge in [-0.2, -0.15) is 0 Å². The monoisotopic (exact) mass is 306 g/mol. The molecular weight excluding hydrogens is 282 g/mol. The van der Waals surface area contributed by atoms with E-state index in [0.717, 1.165) is 13.7 Å². The van der Waals surface area contributed by atoms with Gasteiger partial charge in [-0.25, -0.2) is 18.6 Å². The van der Waals surface area contributed by atoms with Gasteiger partial charge in [-0.15, -0.1) is 0 Å². The van der Waals surface area contributed by atoms with Gasteiger partial charge in [0.15, 0.2) is 11.2 Å². The second kappa shape index (κ2) is 5.42. The number of aryl methyl sites for hydroxylation is 2. The molecule has 8 heteroatoms. The van der Waals surface area contributed by atoms with Crippen LogP contribution in [-0.2, 0) is 20.6 Å². The Labute approximate surface area is 128 Å². The fraction of sp³-hybridized carbons (Fsp3) is 0.615. The maximum absolute atomic E-state index is 13.8. The summed E-state index contributed by atoms with van der Waals surface area (Å²) in [7, 11) is 2.73.